The van der Waals surface area contributed by atoms with Crippen LogP contribution >= 0.6 is 11.3 Å². The van der Waals surface area contributed by atoms with Crippen LogP contribution in [0.1, 0.15) is 23.7 Å². The summed E-state index contributed by atoms with van der Waals surface area (Å²) in [6.07, 6.45) is 0.945. The average molecular weight is 508 g/mol. The fourth-order valence-electron chi connectivity index (χ4n) is 3.29. The van der Waals surface area contributed by atoms with E-state index in [0.29, 0.717) is 23.0 Å². The summed E-state index contributed by atoms with van der Waals surface area (Å²) in [4.78, 5) is 17.3. The molecule has 4 aromatic rings. The minimum Gasteiger partial charge on any atom is -0.494 e. The third-order valence-electron chi connectivity index (χ3n) is 5.24. The number of benzene rings is 3. The van der Waals surface area contributed by atoms with Crippen molar-refractivity contribution in [2.75, 3.05) is 23.3 Å². The number of rotatable bonds is 9. The summed E-state index contributed by atoms with van der Waals surface area (Å²) in [5.74, 6) is 0.439. The van der Waals surface area contributed by atoms with Crippen LogP contribution in [0, 0.1) is 0 Å². The highest BCUT2D eigenvalue weighted by molar-refractivity contribution is 7.92. The van der Waals surface area contributed by atoms with E-state index in [0.717, 1.165) is 23.4 Å². The molecule has 1 aromatic heterocycles. The van der Waals surface area contributed by atoms with E-state index < -0.39 is 10.0 Å². The lowest BCUT2D eigenvalue weighted by atomic mass is 10.2. The molecule has 0 bridgehead atoms. The third kappa shape index (κ3) is 5.70. The zero-order valence-corrected chi connectivity index (χ0v) is 21.0. The third-order valence-corrected chi connectivity index (χ3v) is 7.80. The molecule has 1 amide bonds. The number of aromatic nitrogens is 1. The maximum atomic E-state index is 12.9. The first-order valence-corrected chi connectivity index (χ1v) is 13.3. The molecule has 4 rings (SSSR count). The fourth-order valence-corrected chi connectivity index (χ4v) is 5.20. The molecule has 7 nitrogen and oxygen atoms in total. The van der Waals surface area contributed by atoms with Gasteiger partial charge in [-0.1, -0.05) is 25.1 Å². The molecule has 35 heavy (non-hydrogen) atoms. The number of ether oxygens (including phenoxy) is 1. The number of thiazole rings is 1. The van der Waals surface area contributed by atoms with E-state index >= 15 is 0 Å². The van der Waals surface area contributed by atoms with E-state index in [1.807, 2.05) is 35.7 Å². The molecule has 9 heteroatoms. The number of amides is 1. The van der Waals surface area contributed by atoms with Gasteiger partial charge in [-0.15, -0.1) is 11.3 Å². The van der Waals surface area contributed by atoms with Crippen LogP contribution in [-0.4, -0.2) is 33.0 Å². The Bertz CT molecular complexity index is 1380. The van der Waals surface area contributed by atoms with Gasteiger partial charge >= 0.3 is 0 Å². The van der Waals surface area contributed by atoms with Crippen LogP contribution in [0.4, 0.5) is 10.8 Å². The molecule has 0 saturated heterocycles. The molecule has 0 atom stereocenters. The van der Waals surface area contributed by atoms with Crippen LogP contribution in [-0.2, 0) is 10.0 Å². The van der Waals surface area contributed by atoms with Gasteiger partial charge in [-0.3, -0.25) is 14.4 Å². The molecule has 3 aromatic carbocycles. The number of nitrogens with zero attached hydrogens (tertiary/aromatic N) is 2. The van der Waals surface area contributed by atoms with E-state index in [2.05, 4.69) is 17.2 Å². The van der Waals surface area contributed by atoms with Crippen molar-refractivity contribution in [2.45, 2.75) is 18.2 Å². The molecule has 0 aliphatic rings. The van der Waals surface area contributed by atoms with Crippen molar-refractivity contribution >= 4 is 38.1 Å². The number of hydrogen-bond acceptors (Lipinski definition) is 6. The first-order chi connectivity index (χ1) is 16.9. The maximum absolute atomic E-state index is 12.9. The lowest BCUT2D eigenvalue weighted by molar-refractivity contribution is 0.102. The topological polar surface area (TPSA) is 88.6 Å². The molecule has 180 valence electrons. The van der Waals surface area contributed by atoms with Gasteiger partial charge in [0.15, 0.2) is 5.13 Å². The predicted octanol–water partition coefficient (Wildman–Crippen LogP) is 5.68. The summed E-state index contributed by atoms with van der Waals surface area (Å²) >= 11 is 1.32. The number of carbonyl (C=O) groups is 1. The standard InChI is InChI=1S/C26H25N3O4S2/c1-3-17-33-22-13-9-19(10-14-22)24-18-34-26(27-24)28-25(30)20-11-15-23(16-12-20)35(31,32)29(2)21-7-5-4-6-8-21/h4-16,18H,3,17H2,1-2H3,(H,27,28,30). The summed E-state index contributed by atoms with van der Waals surface area (Å²) in [5.41, 5.74) is 2.55. The Hall–Kier alpha value is -3.69. The molecule has 0 radical (unpaired) electrons. The largest absolute Gasteiger partial charge is 0.494 e. The highest BCUT2D eigenvalue weighted by Gasteiger charge is 2.21. The predicted molar refractivity (Wildman–Crippen MR) is 140 cm³/mol. The second kappa shape index (κ2) is 10.7. The normalized spacial score (nSPS) is 11.1. The van der Waals surface area contributed by atoms with Crippen molar-refractivity contribution in [1.29, 1.82) is 0 Å². The molecule has 0 spiro atoms. The lowest BCUT2D eigenvalue weighted by Crippen LogP contribution is -2.26. The summed E-state index contributed by atoms with van der Waals surface area (Å²) < 4.78 is 32.7. The Balaban J connectivity index is 1.42. The van der Waals surface area contributed by atoms with E-state index in [4.69, 9.17) is 4.74 Å². The maximum Gasteiger partial charge on any atom is 0.264 e. The first kappa shape index (κ1) is 24.4. The minimum absolute atomic E-state index is 0.100. The van der Waals surface area contributed by atoms with Gasteiger partial charge in [0, 0.05) is 23.6 Å². The highest BCUT2D eigenvalue weighted by Crippen LogP contribution is 2.27. The number of nitrogens with one attached hydrogen (secondary N) is 1. The summed E-state index contributed by atoms with van der Waals surface area (Å²) in [5, 5.41) is 5.10. The molecule has 0 aliphatic carbocycles. The number of carbonyl (C=O) groups excluding carboxylic acids is 1. The van der Waals surface area contributed by atoms with Crippen LogP contribution in [0.15, 0.2) is 89.1 Å². The Morgan fingerprint density at radius 2 is 1.69 bits per heavy atom. The summed E-state index contributed by atoms with van der Waals surface area (Å²) in [6.45, 7) is 2.73. The average Bonchev–Trinajstić information content (AvgIpc) is 3.36. The van der Waals surface area contributed by atoms with Crippen molar-refractivity contribution in [1.82, 2.24) is 4.98 Å². The van der Waals surface area contributed by atoms with Gasteiger partial charge in [-0.25, -0.2) is 13.4 Å². The smallest absolute Gasteiger partial charge is 0.264 e. The van der Waals surface area contributed by atoms with Crippen molar-refractivity contribution in [3.8, 4) is 17.0 Å². The zero-order chi connectivity index (χ0) is 24.8. The van der Waals surface area contributed by atoms with Crippen LogP contribution < -0.4 is 14.4 Å². The monoisotopic (exact) mass is 507 g/mol. The molecule has 0 aliphatic heterocycles. The Kier molecular flexibility index (Phi) is 7.48. The lowest BCUT2D eigenvalue weighted by Gasteiger charge is -2.19. The van der Waals surface area contributed by atoms with E-state index in [9.17, 15) is 13.2 Å². The minimum atomic E-state index is -3.75. The van der Waals surface area contributed by atoms with Crippen molar-refractivity contribution in [3.05, 3.63) is 89.8 Å². The number of hydrogen-bond donors (Lipinski definition) is 1. The molecular weight excluding hydrogens is 482 g/mol. The second-order valence-electron chi connectivity index (χ2n) is 7.70. The van der Waals surface area contributed by atoms with Gasteiger partial charge in [0.1, 0.15) is 5.75 Å². The van der Waals surface area contributed by atoms with Crippen molar-refractivity contribution in [2.24, 2.45) is 0 Å². The summed E-state index contributed by atoms with van der Waals surface area (Å²) in [7, 11) is -2.25. The first-order valence-electron chi connectivity index (χ1n) is 11.0. The van der Waals surface area contributed by atoms with Gasteiger partial charge in [-0.05, 0) is 67.1 Å². The zero-order valence-electron chi connectivity index (χ0n) is 19.3. The van der Waals surface area contributed by atoms with Crippen LogP contribution in [0.2, 0.25) is 0 Å². The Labute approximate surface area is 209 Å². The SMILES string of the molecule is CCCOc1ccc(-c2csc(NC(=O)c3ccc(S(=O)(=O)N(C)c4ccccc4)cc3)n2)cc1. The van der Waals surface area contributed by atoms with E-state index in [-0.39, 0.29) is 10.8 Å². The summed E-state index contributed by atoms with van der Waals surface area (Å²) in [6, 6.07) is 22.3. The molecule has 1 heterocycles. The highest BCUT2D eigenvalue weighted by atomic mass is 32.2. The number of para-hydroxylation sites is 1. The van der Waals surface area contributed by atoms with Gasteiger partial charge in [-0.2, -0.15) is 0 Å². The molecule has 0 unspecified atom stereocenters. The molecular formula is C26H25N3O4S2. The molecule has 1 N–H and O–H groups in total. The van der Waals surface area contributed by atoms with Crippen LogP contribution in [0.25, 0.3) is 11.3 Å². The van der Waals surface area contributed by atoms with Crippen LogP contribution in [0.3, 0.4) is 0 Å². The van der Waals surface area contributed by atoms with Gasteiger partial charge < -0.3 is 4.74 Å². The number of anilines is 2. The van der Waals surface area contributed by atoms with Crippen LogP contribution in [0.5, 0.6) is 5.75 Å². The van der Waals surface area contributed by atoms with Crippen molar-refractivity contribution in [3.63, 3.8) is 0 Å². The second-order valence-corrected chi connectivity index (χ2v) is 10.5. The van der Waals surface area contributed by atoms with E-state index in [1.165, 1.54) is 47.0 Å². The van der Waals surface area contributed by atoms with Gasteiger partial charge in [0.2, 0.25) is 0 Å². The van der Waals surface area contributed by atoms with E-state index in [1.54, 1.807) is 24.3 Å². The fraction of sp³-hybridized carbons (Fsp3) is 0.154. The Morgan fingerprint density at radius 3 is 2.34 bits per heavy atom. The Morgan fingerprint density at radius 1 is 1.00 bits per heavy atom. The van der Waals surface area contributed by atoms with Crippen molar-refractivity contribution < 1.29 is 17.9 Å². The van der Waals surface area contributed by atoms with Gasteiger partial charge in [0.05, 0.1) is 22.9 Å². The quantitative estimate of drug-likeness (QED) is 0.315. The molecule has 0 saturated carbocycles. The molecule has 0 fully saturated rings. The number of sulfonamides is 1. The van der Waals surface area contributed by atoms with Gasteiger partial charge in [0.25, 0.3) is 15.9 Å².